The summed E-state index contributed by atoms with van der Waals surface area (Å²) in [5, 5.41) is 11.0. The molecule has 1 aliphatic rings. The Balaban J connectivity index is 1.75. The molecule has 138 valence electrons. The Bertz CT molecular complexity index is 779. The molecular formula is C22H26ClNO2. The lowest BCUT2D eigenvalue weighted by Crippen LogP contribution is -2.47. The first kappa shape index (κ1) is 18.9. The predicted molar refractivity (Wildman–Crippen MR) is 106 cm³/mol. The Labute approximate surface area is 160 Å². The molecule has 4 heteroatoms. The zero-order valence-corrected chi connectivity index (χ0v) is 16.3. The van der Waals surface area contributed by atoms with Gasteiger partial charge in [0.2, 0.25) is 5.91 Å². The third kappa shape index (κ3) is 4.11. The molecule has 0 bridgehead atoms. The smallest absolute Gasteiger partial charge is 0.230 e. The van der Waals surface area contributed by atoms with Gasteiger partial charge in [-0.2, -0.15) is 0 Å². The van der Waals surface area contributed by atoms with Crippen molar-refractivity contribution in [3.05, 3.63) is 59.1 Å². The maximum absolute atomic E-state index is 12.7. The molecule has 2 aromatic rings. The Morgan fingerprint density at radius 3 is 2.42 bits per heavy atom. The van der Waals surface area contributed by atoms with Crippen molar-refractivity contribution < 1.29 is 9.90 Å². The van der Waals surface area contributed by atoms with Crippen molar-refractivity contribution in [2.75, 3.05) is 0 Å². The van der Waals surface area contributed by atoms with Crippen LogP contribution in [0.25, 0.3) is 11.1 Å². The average Bonchev–Trinajstić information content (AvgIpc) is 2.94. The Morgan fingerprint density at radius 2 is 1.81 bits per heavy atom. The van der Waals surface area contributed by atoms with Gasteiger partial charge in [0, 0.05) is 16.5 Å². The molecule has 1 fully saturated rings. The number of rotatable bonds is 3. The van der Waals surface area contributed by atoms with Crippen LogP contribution in [0.3, 0.4) is 0 Å². The highest BCUT2D eigenvalue weighted by Crippen LogP contribution is 2.31. The third-order valence-corrected chi connectivity index (χ3v) is 5.17. The minimum Gasteiger partial charge on any atom is -0.374 e. The van der Waals surface area contributed by atoms with Gasteiger partial charge in [-0.3, -0.25) is 4.79 Å². The number of carbonyl (C=O) groups is 1. The van der Waals surface area contributed by atoms with E-state index >= 15 is 0 Å². The topological polar surface area (TPSA) is 40.5 Å². The molecule has 0 saturated carbocycles. The highest BCUT2D eigenvalue weighted by atomic mass is 35.5. The van der Waals surface area contributed by atoms with Gasteiger partial charge in [-0.1, -0.05) is 68.8 Å². The second-order valence-electron chi connectivity index (χ2n) is 8.09. The maximum atomic E-state index is 12.7. The summed E-state index contributed by atoms with van der Waals surface area (Å²) in [6.45, 7) is 5.70. The van der Waals surface area contributed by atoms with E-state index in [0.29, 0.717) is 6.42 Å². The fourth-order valence-corrected chi connectivity index (χ4v) is 3.72. The van der Waals surface area contributed by atoms with Crippen LogP contribution in [-0.4, -0.2) is 28.2 Å². The van der Waals surface area contributed by atoms with E-state index in [1.165, 1.54) is 5.56 Å². The van der Waals surface area contributed by atoms with Gasteiger partial charge in [0.25, 0.3) is 0 Å². The summed E-state index contributed by atoms with van der Waals surface area (Å²) in [5.41, 5.74) is 2.89. The van der Waals surface area contributed by atoms with Crippen LogP contribution < -0.4 is 0 Å². The van der Waals surface area contributed by atoms with E-state index in [-0.39, 0.29) is 11.9 Å². The van der Waals surface area contributed by atoms with E-state index in [9.17, 15) is 9.90 Å². The fraction of sp³-hybridized carbons (Fsp3) is 0.409. The molecule has 3 rings (SSSR count). The number of amides is 1. The molecule has 1 amide bonds. The first-order valence-electron chi connectivity index (χ1n) is 9.11. The molecule has 2 atom stereocenters. The van der Waals surface area contributed by atoms with Crippen LogP contribution in [0, 0.1) is 5.41 Å². The first-order valence-corrected chi connectivity index (χ1v) is 9.49. The third-order valence-electron chi connectivity index (χ3n) is 4.93. The van der Waals surface area contributed by atoms with E-state index in [1.807, 2.05) is 45.0 Å². The SMILES string of the molecule is CC(C)(C)C(=O)N1C(O)CC[C@H]1Cc1ccc(-c2cccc(Cl)c2)cc1. The number of likely N-dealkylation sites (tertiary alicyclic amines) is 1. The van der Waals surface area contributed by atoms with E-state index in [1.54, 1.807) is 4.90 Å². The lowest BCUT2D eigenvalue weighted by atomic mass is 9.93. The molecule has 0 radical (unpaired) electrons. The van der Waals surface area contributed by atoms with Crippen LogP contribution in [0.5, 0.6) is 0 Å². The number of hydrogen-bond acceptors (Lipinski definition) is 2. The van der Waals surface area contributed by atoms with E-state index in [2.05, 4.69) is 24.3 Å². The van der Waals surface area contributed by atoms with Crippen molar-refractivity contribution in [2.45, 2.75) is 52.3 Å². The summed E-state index contributed by atoms with van der Waals surface area (Å²) in [5.74, 6) is 0.0167. The molecule has 1 saturated heterocycles. The van der Waals surface area contributed by atoms with E-state index < -0.39 is 11.6 Å². The summed E-state index contributed by atoms with van der Waals surface area (Å²) in [6.07, 6.45) is 1.57. The minimum absolute atomic E-state index is 0.0167. The Morgan fingerprint density at radius 1 is 1.12 bits per heavy atom. The summed E-state index contributed by atoms with van der Waals surface area (Å²) in [6, 6.07) is 16.2. The van der Waals surface area contributed by atoms with Gasteiger partial charge >= 0.3 is 0 Å². The first-order chi connectivity index (χ1) is 12.3. The van der Waals surface area contributed by atoms with Crippen molar-refractivity contribution in [3.8, 4) is 11.1 Å². The van der Waals surface area contributed by atoms with Crippen LogP contribution in [0.15, 0.2) is 48.5 Å². The molecule has 26 heavy (non-hydrogen) atoms. The summed E-state index contributed by atoms with van der Waals surface area (Å²) in [4.78, 5) is 14.4. The van der Waals surface area contributed by atoms with Gasteiger partial charge in [0.1, 0.15) is 6.23 Å². The zero-order chi connectivity index (χ0) is 18.9. The number of carbonyl (C=O) groups excluding carboxylic acids is 1. The number of halogens is 1. The number of hydrogen-bond donors (Lipinski definition) is 1. The highest BCUT2D eigenvalue weighted by molar-refractivity contribution is 6.30. The van der Waals surface area contributed by atoms with E-state index in [4.69, 9.17) is 11.6 Å². The monoisotopic (exact) mass is 371 g/mol. The summed E-state index contributed by atoms with van der Waals surface area (Å²) < 4.78 is 0. The van der Waals surface area contributed by atoms with Crippen molar-refractivity contribution >= 4 is 17.5 Å². The van der Waals surface area contributed by atoms with Crippen LogP contribution in [0.4, 0.5) is 0 Å². The van der Waals surface area contributed by atoms with Gasteiger partial charge < -0.3 is 10.0 Å². The van der Waals surface area contributed by atoms with Crippen LogP contribution in [0.2, 0.25) is 5.02 Å². The highest BCUT2D eigenvalue weighted by Gasteiger charge is 2.40. The molecule has 1 heterocycles. The van der Waals surface area contributed by atoms with Gasteiger partial charge in [-0.05, 0) is 48.1 Å². The lowest BCUT2D eigenvalue weighted by Gasteiger charge is -2.33. The Kier molecular flexibility index (Phi) is 5.40. The average molecular weight is 372 g/mol. The predicted octanol–water partition coefficient (Wildman–Crippen LogP) is 4.91. The van der Waals surface area contributed by atoms with Crippen molar-refractivity contribution in [1.29, 1.82) is 0 Å². The molecule has 2 aromatic carbocycles. The number of aliphatic hydroxyl groups is 1. The number of nitrogens with zero attached hydrogens (tertiary/aromatic N) is 1. The van der Waals surface area contributed by atoms with Crippen molar-refractivity contribution in [2.24, 2.45) is 5.41 Å². The fourth-order valence-electron chi connectivity index (χ4n) is 3.53. The Hall–Kier alpha value is -1.84. The van der Waals surface area contributed by atoms with Crippen LogP contribution >= 0.6 is 11.6 Å². The van der Waals surface area contributed by atoms with Gasteiger partial charge in [0.15, 0.2) is 0 Å². The summed E-state index contributed by atoms with van der Waals surface area (Å²) in [7, 11) is 0. The van der Waals surface area contributed by atoms with Crippen molar-refractivity contribution in [3.63, 3.8) is 0 Å². The maximum Gasteiger partial charge on any atom is 0.230 e. The quantitative estimate of drug-likeness (QED) is 0.833. The molecule has 1 unspecified atom stereocenters. The molecule has 0 aliphatic carbocycles. The molecular weight excluding hydrogens is 346 g/mol. The standard InChI is InChI=1S/C22H26ClNO2/c1-22(2,3)21(26)24-19(11-12-20(24)25)13-15-7-9-16(10-8-15)17-5-4-6-18(23)14-17/h4-10,14,19-20,25H,11-13H2,1-3H3/t19-,20?/m0/s1. The van der Waals surface area contributed by atoms with Gasteiger partial charge in [-0.25, -0.2) is 0 Å². The van der Waals surface area contributed by atoms with Crippen LogP contribution in [-0.2, 0) is 11.2 Å². The van der Waals surface area contributed by atoms with Crippen LogP contribution in [0.1, 0.15) is 39.2 Å². The molecule has 0 spiro atoms. The number of benzene rings is 2. The second kappa shape index (κ2) is 7.42. The van der Waals surface area contributed by atoms with Gasteiger partial charge in [-0.15, -0.1) is 0 Å². The molecule has 1 aliphatic heterocycles. The lowest BCUT2D eigenvalue weighted by molar-refractivity contribution is -0.149. The summed E-state index contributed by atoms with van der Waals surface area (Å²) >= 11 is 6.07. The second-order valence-corrected chi connectivity index (χ2v) is 8.52. The molecule has 1 N–H and O–H groups in total. The number of aliphatic hydroxyl groups excluding tert-OH is 1. The molecule has 0 aromatic heterocycles. The van der Waals surface area contributed by atoms with E-state index in [0.717, 1.165) is 29.0 Å². The van der Waals surface area contributed by atoms with Crippen molar-refractivity contribution in [1.82, 2.24) is 4.90 Å². The zero-order valence-electron chi connectivity index (χ0n) is 15.6. The van der Waals surface area contributed by atoms with Gasteiger partial charge in [0.05, 0.1) is 0 Å². The largest absolute Gasteiger partial charge is 0.374 e. The molecule has 3 nitrogen and oxygen atoms in total. The normalized spacial score (nSPS) is 20.4. The minimum atomic E-state index is -0.669.